The monoisotopic (exact) mass is 398 g/mol. The molecule has 25 heavy (non-hydrogen) atoms. The van der Waals surface area contributed by atoms with Crippen molar-refractivity contribution in [2.24, 2.45) is 0 Å². The summed E-state index contributed by atoms with van der Waals surface area (Å²) in [6.07, 6.45) is -14.8. The van der Waals surface area contributed by atoms with Gasteiger partial charge in [0.1, 0.15) is 6.61 Å². The molecule has 14 heteroatoms. The zero-order chi connectivity index (χ0) is 20.7. The van der Waals surface area contributed by atoms with Gasteiger partial charge >= 0.3 is 35.8 Å². The number of halogens is 11. The smallest absolute Gasteiger partial charge is 0.438 e. The van der Waals surface area contributed by atoms with Crippen molar-refractivity contribution in [3.8, 4) is 0 Å². The Bertz CT molecular complexity index is 504. The standard InChI is InChI=1S/C11H9F11O3/c1-3-5(23)25-4-6(2,24)8(13,14)9(15,16)7(12,10(17,18)19)11(20,21)22/h3,24H,1,4H2,2H3. The molecule has 0 rings (SSSR count). The third-order valence-electron chi connectivity index (χ3n) is 2.95. The number of ether oxygens (including phenoxy) is 1. The maximum atomic E-state index is 13.6. The topological polar surface area (TPSA) is 46.5 Å². The van der Waals surface area contributed by atoms with Crippen molar-refractivity contribution in [1.82, 2.24) is 0 Å². The largest absolute Gasteiger partial charge is 0.459 e. The number of aliphatic hydroxyl groups is 1. The predicted octanol–water partition coefficient (Wildman–Crippen LogP) is 3.57. The minimum Gasteiger partial charge on any atom is -0.459 e. The highest BCUT2D eigenvalue weighted by atomic mass is 19.4. The molecule has 1 unspecified atom stereocenters. The van der Waals surface area contributed by atoms with Gasteiger partial charge in [-0.25, -0.2) is 9.18 Å². The highest BCUT2D eigenvalue weighted by molar-refractivity contribution is 5.81. The Morgan fingerprint density at radius 3 is 1.56 bits per heavy atom. The summed E-state index contributed by atoms with van der Waals surface area (Å²) < 4.78 is 145. The third-order valence-corrected chi connectivity index (χ3v) is 2.95. The number of hydrogen-bond acceptors (Lipinski definition) is 3. The van der Waals surface area contributed by atoms with Crippen LogP contribution in [0.15, 0.2) is 12.7 Å². The minimum absolute atomic E-state index is 0.261. The van der Waals surface area contributed by atoms with Crippen LogP contribution >= 0.6 is 0 Å². The number of carbonyl (C=O) groups is 1. The van der Waals surface area contributed by atoms with E-state index in [2.05, 4.69) is 11.3 Å². The molecule has 1 N–H and O–H groups in total. The molecule has 0 radical (unpaired) electrons. The second kappa shape index (κ2) is 6.29. The fourth-order valence-corrected chi connectivity index (χ4v) is 1.43. The molecule has 0 bridgehead atoms. The Labute approximate surface area is 132 Å². The van der Waals surface area contributed by atoms with E-state index >= 15 is 0 Å². The Balaban J connectivity index is 6.24. The van der Waals surface area contributed by atoms with Gasteiger partial charge in [0.05, 0.1) is 0 Å². The van der Waals surface area contributed by atoms with Crippen LogP contribution in [0, 0.1) is 0 Å². The van der Waals surface area contributed by atoms with Crippen LogP contribution in [0.2, 0.25) is 0 Å². The number of hydrogen-bond donors (Lipinski definition) is 1. The molecule has 0 heterocycles. The van der Waals surface area contributed by atoms with Crippen LogP contribution in [0.5, 0.6) is 0 Å². The van der Waals surface area contributed by atoms with Gasteiger partial charge in [-0.05, 0) is 6.92 Å². The van der Waals surface area contributed by atoms with E-state index in [9.17, 15) is 58.2 Å². The van der Waals surface area contributed by atoms with Gasteiger partial charge in [0.25, 0.3) is 0 Å². The molecule has 0 aliphatic heterocycles. The van der Waals surface area contributed by atoms with Crippen LogP contribution < -0.4 is 0 Å². The molecule has 0 spiro atoms. The predicted molar refractivity (Wildman–Crippen MR) is 57.6 cm³/mol. The highest BCUT2D eigenvalue weighted by Crippen LogP contribution is 2.61. The molecule has 0 amide bonds. The first-order chi connectivity index (χ1) is 10.7. The maximum Gasteiger partial charge on any atom is 0.438 e. The maximum absolute atomic E-state index is 13.6. The molecule has 0 aromatic carbocycles. The van der Waals surface area contributed by atoms with Crippen molar-refractivity contribution in [3.63, 3.8) is 0 Å². The van der Waals surface area contributed by atoms with Crippen molar-refractivity contribution < 1.29 is 62.9 Å². The van der Waals surface area contributed by atoms with Crippen LogP contribution in [0.1, 0.15) is 6.92 Å². The number of rotatable bonds is 6. The average molecular weight is 398 g/mol. The van der Waals surface area contributed by atoms with Gasteiger partial charge in [0.2, 0.25) is 0 Å². The van der Waals surface area contributed by atoms with Gasteiger partial charge in [-0.2, -0.15) is 43.9 Å². The lowest BCUT2D eigenvalue weighted by Crippen LogP contribution is -2.74. The first-order valence-corrected chi connectivity index (χ1v) is 5.80. The Morgan fingerprint density at radius 1 is 0.920 bits per heavy atom. The SMILES string of the molecule is C=CC(=O)OCC(C)(O)C(F)(F)C(F)(F)C(F)(C(F)(F)F)C(F)(F)F. The van der Waals surface area contributed by atoms with Crippen molar-refractivity contribution in [1.29, 1.82) is 0 Å². The quantitative estimate of drug-likeness (QED) is 0.423. The third kappa shape index (κ3) is 3.53. The summed E-state index contributed by atoms with van der Waals surface area (Å²) in [4.78, 5) is 10.6. The molecule has 0 aromatic heterocycles. The van der Waals surface area contributed by atoms with Gasteiger partial charge in [0.15, 0.2) is 5.60 Å². The van der Waals surface area contributed by atoms with Crippen LogP contribution in [-0.4, -0.2) is 53.2 Å². The van der Waals surface area contributed by atoms with Crippen LogP contribution in [0.4, 0.5) is 48.3 Å². The first kappa shape index (κ1) is 23.4. The minimum atomic E-state index is -7.71. The molecule has 0 saturated carbocycles. The van der Waals surface area contributed by atoms with Gasteiger partial charge < -0.3 is 9.84 Å². The Morgan fingerprint density at radius 2 is 1.28 bits per heavy atom. The van der Waals surface area contributed by atoms with E-state index in [1.807, 2.05) is 0 Å². The van der Waals surface area contributed by atoms with Gasteiger partial charge in [-0.1, -0.05) is 6.58 Å². The Hall–Kier alpha value is -1.60. The lowest BCUT2D eigenvalue weighted by Gasteiger charge is -2.43. The lowest BCUT2D eigenvalue weighted by atomic mass is 9.83. The second-order valence-electron chi connectivity index (χ2n) is 4.89. The van der Waals surface area contributed by atoms with Gasteiger partial charge in [-0.3, -0.25) is 0 Å². The highest BCUT2D eigenvalue weighted by Gasteiger charge is 2.92. The molecule has 0 aromatic rings. The molecule has 1 atom stereocenters. The number of carbonyl (C=O) groups excluding carboxylic acids is 1. The number of alkyl halides is 11. The fraction of sp³-hybridized carbons (Fsp3) is 0.727. The van der Waals surface area contributed by atoms with Crippen LogP contribution in [-0.2, 0) is 9.53 Å². The van der Waals surface area contributed by atoms with E-state index in [4.69, 9.17) is 0 Å². The summed E-state index contributed by atoms with van der Waals surface area (Å²) in [5, 5.41) is 9.17. The Kier molecular flexibility index (Phi) is 5.88. The zero-order valence-corrected chi connectivity index (χ0v) is 11.9. The van der Waals surface area contributed by atoms with Gasteiger partial charge in [-0.15, -0.1) is 0 Å². The molecular weight excluding hydrogens is 389 g/mol. The molecule has 148 valence electrons. The summed E-state index contributed by atoms with van der Waals surface area (Å²) in [6, 6.07) is 0. The van der Waals surface area contributed by atoms with E-state index in [1.54, 1.807) is 0 Å². The summed E-state index contributed by atoms with van der Waals surface area (Å²) in [5.41, 5.74) is -12.2. The average Bonchev–Trinajstić information content (AvgIpc) is 2.40. The van der Waals surface area contributed by atoms with Crippen molar-refractivity contribution in [2.45, 2.75) is 42.4 Å². The molecule has 3 nitrogen and oxygen atoms in total. The lowest BCUT2D eigenvalue weighted by molar-refractivity contribution is -0.440. The first-order valence-electron chi connectivity index (χ1n) is 5.80. The summed E-state index contributed by atoms with van der Waals surface area (Å²) in [6.45, 7) is 0.168. The molecular formula is C11H9F11O3. The van der Waals surface area contributed by atoms with E-state index < -0.39 is 48.0 Å². The van der Waals surface area contributed by atoms with Gasteiger partial charge in [0, 0.05) is 6.08 Å². The summed E-state index contributed by atoms with van der Waals surface area (Å²) in [7, 11) is 0. The van der Waals surface area contributed by atoms with Crippen molar-refractivity contribution >= 4 is 5.97 Å². The molecule has 0 fully saturated rings. The van der Waals surface area contributed by atoms with Crippen LogP contribution in [0.3, 0.4) is 0 Å². The normalized spacial score (nSPS) is 17.0. The summed E-state index contributed by atoms with van der Waals surface area (Å²) >= 11 is 0. The van der Waals surface area contributed by atoms with E-state index in [-0.39, 0.29) is 13.0 Å². The molecule has 0 aliphatic rings. The van der Waals surface area contributed by atoms with E-state index in [1.165, 1.54) is 0 Å². The van der Waals surface area contributed by atoms with E-state index in [0.717, 1.165) is 0 Å². The number of esters is 1. The fourth-order valence-electron chi connectivity index (χ4n) is 1.43. The molecule has 0 aliphatic carbocycles. The second-order valence-corrected chi connectivity index (χ2v) is 4.89. The van der Waals surface area contributed by atoms with Crippen molar-refractivity contribution in [3.05, 3.63) is 12.7 Å². The summed E-state index contributed by atoms with van der Waals surface area (Å²) in [5.74, 6) is -15.8. The zero-order valence-electron chi connectivity index (χ0n) is 11.9. The van der Waals surface area contributed by atoms with Crippen LogP contribution in [0.25, 0.3) is 0 Å². The van der Waals surface area contributed by atoms with E-state index in [0.29, 0.717) is 0 Å². The molecule has 0 saturated heterocycles. The van der Waals surface area contributed by atoms with Crippen molar-refractivity contribution in [2.75, 3.05) is 6.61 Å².